The number of ketones is 1. The van der Waals surface area contributed by atoms with Gasteiger partial charge in [0.05, 0.1) is 6.04 Å². The van der Waals surface area contributed by atoms with Crippen LogP contribution in [0.15, 0.2) is 4.34 Å². The molecule has 1 aliphatic rings. The molecule has 2 heterocycles. The van der Waals surface area contributed by atoms with Gasteiger partial charge in [0.2, 0.25) is 5.13 Å². The summed E-state index contributed by atoms with van der Waals surface area (Å²) in [7, 11) is 0. The van der Waals surface area contributed by atoms with Gasteiger partial charge in [0.25, 0.3) is 0 Å². The summed E-state index contributed by atoms with van der Waals surface area (Å²) in [6, 6.07) is 0.0279. The molecule has 0 radical (unpaired) electrons. The summed E-state index contributed by atoms with van der Waals surface area (Å²) in [6.07, 6.45) is 1.09. The summed E-state index contributed by atoms with van der Waals surface area (Å²) in [4.78, 5) is 13.5. The number of carbonyl (C=O) groups is 1. The molecule has 7 heteroatoms. The third-order valence-corrected chi connectivity index (χ3v) is 5.09. The van der Waals surface area contributed by atoms with Gasteiger partial charge >= 0.3 is 0 Å². The van der Waals surface area contributed by atoms with Crippen LogP contribution in [0.2, 0.25) is 0 Å². The first-order chi connectivity index (χ1) is 8.06. The lowest BCUT2D eigenvalue weighted by atomic mass is 10.2. The van der Waals surface area contributed by atoms with Crippen LogP contribution in [0.25, 0.3) is 0 Å². The van der Waals surface area contributed by atoms with Gasteiger partial charge in [-0.3, -0.25) is 9.69 Å². The van der Waals surface area contributed by atoms with Gasteiger partial charge in [0, 0.05) is 18.3 Å². The van der Waals surface area contributed by atoms with E-state index in [0.717, 1.165) is 23.8 Å². The molecule has 1 aromatic heterocycles. The number of nitrogens with zero attached hydrogens (tertiary/aromatic N) is 3. The van der Waals surface area contributed by atoms with Gasteiger partial charge in [-0.25, -0.2) is 0 Å². The highest BCUT2D eigenvalue weighted by atomic mass is 32.2. The number of carbonyl (C=O) groups excluding carboxylic acids is 1. The minimum absolute atomic E-state index is 0.0279. The molecule has 0 bridgehead atoms. The fourth-order valence-electron chi connectivity index (χ4n) is 1.87. The molecule has 0 amide bonds. The molecule has 0 aliphatic carbocycles. The van der Waals surface area contributed by atoms with Crippen molar-refractivity contribution in [2.45, 2.75) is 35.9 Å². The van der Waals surface area contributed by atoms with E-state index in [9.17, 15) is 4.79 Å². The summed E-state index contributed by atoms with van der Waals surface area (Å²) < 4.78 is 0.921. The van der Waals surface area contributed by atoms with Gasteiger partial charge in [-0.2, -0.15) is 0 Å². The first-order valence-corrected chi connectivity index (χ1v) is 7.26. The molecule has 2 rings (SSSR count). The van der Waals surface area contributed by atoms with Crippen LogP contribution < -0.4 is 5.73 Å². The Morgan fingerprint density at radius 3 is 3.00 bits per heavy atom. The molecule has 2 N–H and O–H groups in total. The lowest BCUT2D eigenvalue weighted by molar-refractivity contribution is -0.121. The van der Waals surface area contributed by atoms with E-state index < -0.39 is 0 Å². The maximum atomic E-state index is 11.3. The molecule has 1 aromatic rings. The Hall–Kier alpha value is -0.660. The number of rotatable bonds is 4. The number of aromatic nitrogens is 2. The minimum atomic E-state index is 0.0279. The highest BCUT2D eigenvalue weighted by molar-refractivity contribution is 8.01. The number of nitrogens with two attached hydrogens (primary N) is 1. The monoisotopic (exact) mass is 272 g/mol. The maximum Gasteiger partial charge on any atom is 0.203 e. The van der Waals surface area contributed by atoms with Crippen LogP contribution in [0.5, 0.6) is 0 Å². The van der Waals surface area contributed by atoms with Gasteiger partial charge in [-0.05, 0) is 20.3 Å². The average Bonchev–Trinajstić information content (AvgIpc) is 2.87. The molecule has 0 saturated carbocycles. The molecule has 5 nitrogen and oxygen atoms in total. The Morgan fingerprint density at radius 1 is 1.65 bits per heavy atom. The number of hydrogen-bond acceptors (Lipinski definition) is 7. The predicted molar refractivity (Wildman–Crippen MR) is 70.3 cm³/mol. The zero-order chi connectivity index (χ0) is 12.4. The molecule has 2 atom stereocenters. The molecule has 17 heavy (non-hydrogen) atoms. The lowest BCUT2D eigenvalue weighted by Gasteiger charge is -2.21. The topological polar surface area (TPSA) is 72.1 Å². The number of nitrogen functional groups attached to an aromatic ring is 1. The minimum Gasteiger partial charge on any atom is -0.374 e. The van der Waals surface area contributed by atoms with E-state index in [1.54, 1.807) is 18.7 Å². The van der Waals surface area contributed by atoms with Crippen molar-refractivity contribution in [2.24, 2.45) is 0 Å². The summed E-state index contributed by atoms with van der Waals surface area (Å²) in [5.41, 5.74) is 5.54. The zero-order valence-corrected chi connectivity index (χ0v) is 11.6. The third-order valence-electron chi connectivity index (χ3n) is 3.00. The van der Waals surface area contributed by atoms with Crippen LogP contribution in [0.1, 0.15) is 20.3 Å². The van der Waals surface area contributed by atoms with Gasteiger partial charge in [0.1, 0.15) is 5.78 Å². The number of likely N-dealkylation sites (tertiary alicyclic amines) is 1. The smallest absolute Gasteiger partial charge is 0.203 e. The molecule has 1 fully saturated rings. The van der Waals surface area contributed by atoms with Crippen LogP contribution in [0, 0.1) is 0 Å². The Morgan fingerprint density at radius 2 is 2.41 bits per heavy atom. The van der Waals surface area contributed by atoms with Crippen molar-refractivity contribution in [3.05, 3.63) is 0 Å². The predicted octanol–water partition coefficient (Wildman–Crippen LogP) is 1.26. The van der Waals surface area contributed by atoms with Crippen LogP contribution >= 0.6 is 23.1 Å². The highest BCUT2D eigenvalue weighted by Gasteiger charge is 2.29. The molecular weight excluding hydrogens is 256 g/mol. The molecule has 94 valence electrons. The Balaban J connectivity index is 1.88. The van der Waals surface area contributed by atoms with E-state index in [-0.39, 0.29) is 11.8 Å². The Labute approximate surface area is 109 Å². The third kappa shape index (κ3) is 3.17. The quantitative estimate of drug-likeness (QED) is 0.890. The van der Waals surface area contributed by atoms with Crippen LogP contribution in [0.3, 0.4) is 0 Å². The largest absolute Gasteiger partial charge is 0.374 e. The van der Waals surface area contributed by atoms with Crippen LogP contribution in [-0.4, -0.2) is 45.3 Å². The Bertz CT molecular complexity index is 409. The molecule has 0 spiro atoms. The van der Waals surface area contributed by atoms with Crippen LogP contribution in [0.4, 0.5) is 5.13 Å². The second-order valence-electron chi connectivity index (χ2n) is 4.22. The van der Waals surface area contributed by atoms with Crippen molar-refractivity contribution < 1.29 is 4.79 Å². The molecular formula is C10H16N4OS2. The lowest BCUT2D eigenvalue weighted by Crippen LogP contribution is -2.36. The van der Waals surface area contributed by atoms with E-state index in [4.69, 9.17) is 5.73 Å². The SMILES string of the molecule is CC(=O)C(C)N1CC[C@H](Sc2nnc(N)s2)C1. The zero-order valence-electron chi connectivity index (χ0n) is 9.92. The summed E-state index contributed by atoms with van der Waals surface area (Å²) in [5.74, 6) is 0.232. The number of thioether (sulfide) groups is 1. The molecule has 1 saturated heterocycles. The maximum absolute atomic E-state index is 11.3. The van der Waals surface area contributed by atoms with Crippen molar-refractivity contribution >= 4 is 34.0 Å². The fraction of sp³-hybridized carbons (Fsp3) is 0.700. The second-order valence-corrected chi connectivity index (χ2v) is 6.77. The van der Waals surface area contributed by atoms with Crippen molar-refractivity contribution in [1.82, 2.24) is 15.1 Å². The van der Waals surface area contributed by atoms with Crippen molar-refractivity contribution in [3.8, 4) is 0 Å². The first kappa shape index (κ1) is 12.8. The van der Waals surface area contributed by atoms with Crippen molar-refractivity contribution in [3.63, 3.8) is 0 Å². The number of hydrogen-bond donors (Lipinski definition) is 1. The standard InChI is InChI=1S/C10H16N4OS2/c1-6(7(2)15)14-4-3-8(5-14)16-10-13-12-9(11)17-10/h6,8H,3-5H2,1-2H3,(H2,11,12)/t6?,8-/m0/s1. The molecule has 1 unspecified atom stereocenters. The highest BCUT2D eigenvalue weighted by Crippen LogP contribution is 2.32. The summed E-state index contributed by atoms with van der Waals surface area (Å²) in [6.45, 7) is 5.53. The van der Waals surface area contributed by atoms with E-state index in [1.807, 2.05) is 6.92 Å². The van der Waals surface area contributed by atoms with Crippen molar-refractivity contribution in [2.75, 3.05) is 18.8 Å². The molecule has 1 aliphatic heterocycles. The van der Waals surface area contributed by atoms with Crippen LogP contribution in [-0.2, 0) is 4.79 Å². The average molecular weight is 272 g/mol. The van der Waals surface area contributed by atoms with E-state index in [0.29, 0.717) is 10.4 Å². The van der Waals surface area contributed by atoms with E-state index in [1.165, 1.54) is 11.3 Å². The van der Waals surface area contributed by atoms with E-state index in [2.05, 4.69) is 15.1 Å². The van der Waals surface area contributed by atoms with Gasteiger partial charge in [-0.15, -0.1) is 10.2 Å². The van der Waals surface area contributed by atoms with Crippen molar-refractivity contribution in [1.29, 1.82) is 0 Å². The van der Waals surface area contributed by atoms with Gasteiger partial charge in [-0.1, -0.05) is 23.1 Å². The van der Waals surface area contributed by atoms with Gasteiger partial charge in [0.15, 0.2) is 4.34 Å². The fourth-order valence-corrected chi connectivity index (χ4v) is 3.93. The molecule has 0 aromatic carbocycles. The Kier molecular flexibility index (Phi) is 4.01. The number of Topliss-reactive ketones (excluding diaryl/α,β-unsaturated/α-hetero) is 1. The number of anilines is 1. The van der Waals surface area contributed by atoms with Gasteiger partial charge < -0.3 is 5.73 Å². The summed E-state index contributed by atoms with van der Waals surface area (Å²) in [5, 5.41) is 8.81. The van der Waals surface area contributed by atoms with E-state index >= 15 is 0 Å². The first-order valence-electron chi connectivity index (χ1n) is 5.56. The second kappa shape index (κ2) is 5.32. The normalized spacial score (nSPS) is 22.8. The summed E-state index contributed by atoms with van der Waals surface area (Å²) >= 11 is 3.14.